The molecule has 4 rings (SSSR count). The van der Waals surface area contributed by atoms with Gasteiger partial charge in [0.1, 0.15) is 11.6 Å². The molecule has 3 aromatic rings. The Morgan fingerprint density at radius 3 is 2.48 bits per heavy atom. The normalized spacial score (nSPS) is 20.8. The van der Waals surface area contributed by atoms with Crippen molar-refractivity contribution in [1.82, 2.24) is 9.80 Å². The Hall–Kier alpha value is -3.51. The topological polar surface area (TPSA) is 108 Å². The Balaban J connectivity index is 1.64. The van der Waals surface area contributed by atoms with E-state index in [1.165, 1.54) is 29.8 Å². The van der Waals surface area contributed by atoms with E-state index in [-0.39, 0.29) is 40.9 Å². The van der Waals surface area contributed by atoms with Gasteiger partial charge in [-0.1, -0.05) is 37.3 Å². The van der Waals surface area contributed by atoms with Crippen LogP contribution in [0.3, 0.4) is 0 Å². The highest BCUT2D eigenvalue weighted by molar-refractivity contribution is 7.92. The zero-order valence-electron chi connectivity index (χ0n) is 27.1. The van der Waals surface area contributed by atoms with Crippen molar-refractivity contribution in [3.8, 4) is 5.75 Å². The fourth-order valence-corrected chi connectivity index (χ4v) is 6.59. The summed E-state index contributed by atoms with van der Waals surface area (Å²) in [6.45, 7) is 7.77. The minimum atomic E-state index is -4.06. The maximum Gasteiger partial charge on any atom is 0.261 e. The van der Waals surface area contributed by atoms with E-state index in [0.29, 0.717) is 25.4 Å². The number of rotatable bonds is 9. The fourth-order valence-electron chi connectivity index (χ4n) is 5.54. The number of amides is 1. The van der Waals surface area contributed by atoms with Crippen molar-refractivity contribution < 1.29 is 32.2 Å². The molecule has 46 heavy (non-hydrogen) atoms. The molecule has 0 saturated heterocycles. The molecule has 1 amide bonds. The van der Waals surface area contributed by atoms with Crippen molar-refractivity contribution in [2.24, 2.45) is 5.92 Å². The quantitative estimate of drug-likeness (QED) is 0.311. The Kier molecular flexibility index (Phi) is 12.6. The van der Waals surface area contributed by atoms with E-state index in [2.05, 4.69) is 28.8 Å². The molecule has 0 aliphatic carbocycles. The summed E-state index contributed by atoms with van der Waals surface area (Å²) in [5.41, 5.74) is 1.53. The maximum absolute atomic E-state index is 14.3. The Morgan fingerprint density at radius 2 is 1.78 bits per heavy atom. The maximum atomic E-state index is 14.3. The van der Waals surface area contributed by atoms with Crippen LogP contribution in [0.1, 0.15) is 56.0 Å². The van der Waals surface area contributed by atoms with Crippen molar-refractivity contribution in [1.29, 1.82) is 0 Å². The number of hydrogen-bond donors (Lipinski definition) is 2. The molecule has 1 aliphatic rings. The highest BCUT2D eigenvalue weighted by Gasteiger charge is 2.30. The Labute approximate surface area is 272 Å². The molecule has 3 aromatic carbocycles. The third kappa shape index (κ3) is 9.75. The molecule has 0 aromatic heterocycles. The molecule has 1 heterocycles. The summed E-state index contributed by atoms with van der Waals surface area (Å²) in [6, 6.07) is 18.8. The molecule has 0 radical (unpaired) electrons. The van der Waals surface area contributed by atoms with Gasteiger partial charge in [-0.15, -0.1) is 0 Å². The SMILES string of the molecule is C[C@@H]1CN([C@H](C)CO)C(=O)c2cc(NS(=O)(=O)c3ccc(F)cc3)ccc2O[C@@H](C)CCCCO[C@H]1CN(C)Cc1ccccc1. The number of aliphatic hydroxyl groups excluding tert-OH is 1. The predicted molar refractivity (Wildman–Crippen MR) is 177 cm³/mol. The lowest BCUT2D eigenvalue weighted by molar-refractivity contribution is -0.0177. The van der Waals surface area contributed by atoms with Crippen LogP contribution in [-0.4, -0.2) is 80.8 Å². The van der Waals surface area contributed by atoms with E-state index in [1.54, 1.807) is 17.9 Å². The summed E-state index contributed by atoms with van der Waals surface area (Å²) in [5, 5.41) is 10.2. The third-order valence-corrected chi connectivity index (χ3v) is 9.61. The molecule has 11 heteroatoms. The highest BCUT2D eigenvalue weighted by atomic mass is 32.2. The second-order valence-corrected chi connectivity index (χ2v) is 13.9. The molecule has 0 unspecified atom stereocenters. The second-order valence-electron chi connectivity index (χ2n) is 12.3. The van der Waals surface area contributed by atoms with E-state index < -0.39 is 27.8 Å². The van der Waals surface area contributed by atoms with Crippen LogP contribution in [-0.2, 0) is 21.3 Å². The highest BCUT2D eigenvalue weighted by Crippen LogP contribution is 2.29. The first-order valence-corrected chi connectivity index (χ1v) is 17.3. The monoisotopic (exact) mass is 655 g/mol. The molecule has 2 N–H and O–H groups in total. The minimum absolute atomic E-state index is 0.0948. The van der Waals surface area contributed by atoms with Gasteiger partial charge in [-0.05, 0) is 88.2 Å². The van der Waals surface area contributed by atoms with Gasteiger partial charge in [0, 0.05) is 37.8 Å². The zero-order valence-corrected chi connectivity index (χ0v) is 27.9. The molecule has 4 atom stereocenters. The van der Waals surface area contributed by atoms with Crippen molar-refractivity contribution in [3.05, 3.63) is 89.7 Å². The van der Waals surface area contributed by atoms with Gasteiger partial charge in [-0.25, -0.2) is 12.8 Å². The van der Waals surface area contributed by atoms with E-state index in [0.717, 1.165) is 37.9 Å². The minimum Gasteiger partial charge on any atom is -0.490 e. The fraction of sp³-hybridized carbons (Fsp3) is 0.457. The first-order valence-electron chi connectivity index (χ1n) is 15.8. The average molecular weight is 656 g/mol. The lowest BCUT2D eigenvalue weighted by Crippen LogP contribution is -2.47. The number of hydrogen-bond acceptors (Lipinski definition) is 7. The number of carbonyl (C=O) groups excluding carboxylic acids is 1. The molecule has 1 aliphatic heterocycles. The third-order valence-electron chi connectivity index (χ3n) is 8.21. The van der Waals surface area contributed by atoms with Gasteiger partial charge in [0.15, 0.2) is 0 Å². The average Bonchev–Trinajstić information content (AvgIpc) is 3.03. The van der Waals surface area contributed by atoms with Crippen LogP contribution in [0.4, 0.5) is 10.1 Å². The standard InChI is InChI=1S/C35H46FN3O6S/c1-25-21-39(26(2)24-40)35(41)32-20-30(37-46(42,43)31-16-13-29(36)14-17-31)15-18-33(32)45-27(3)10-8-9-19-44-34(25)23-38(4)22-28-11-6-5-7-12-28/h5-7,11-18,20,25-27,34,37,40H,8-10,19,21-24H2,1-4H3/t25-,26-,27+,34+/m1/s1. The van der Waals surface area contributed by atoms with Crippen LogP contribution < -0.4 is 9.46 Å². The number of fused-ring (bicyclic) bond motifs is 1. The molecular weight excluding hydrogens is 609 g/mol. The summed E-state index contributed by atoms with van der Waals surface area (Å²) in [7, 11) is -2.01. The van der Waals surface area contributed by atoms with Gasteiger partial charge in [0.05, 0.1) is 35.3 Å². The number of carbonyl (C=O) groups is 1. The van der Waals surface area contributed by atoms with Crippen LogP contribution in [0.5, 0.6) is 5.75 Å². The number of halogens is 1. The molecule has 250 valence electrons. The number of ether oxygens (including phenoxy) is 2. The van der Waals surface area contributed by atoms with E-state index in [4.69, 9.17) is 9.47 Å². The molecule has 0 bridgehead atoms. The molecular formula is C35H46FN3O6S. The van der Waals surface area contributed by atoms with Crippen molar-refractivity contribution >= 4 is 21.6 Å². The molecule has 9 nitrogen and oxygen atoms in total. The van der Waals surface area contributed by atoms with Crippen LogP contribution in [0.2, 0.25) is 0 Å². The molecule has 0 saturated carbocycles. The van der Waals surface area contributed by atoms with Gasteiger partial charge < -0.3 is 19.5 Å². The first kappa shape index (κ1) is 35.3. The summed E-state index contributed by atoms with van der Waals surface area (Å²) < 4.78 is 54.8. The Morgan fingerprint density at radius 1 is 1.07 bits per heavy atom. The number of benzene rings is 3. The number of sulfonamides is 1. The van der Waals surface area contributed by atoms with Gasteiger partial charge in [-0.2, -0.15) is 0 Å². The first-order chi connectivity index (χ1) is 22.0. The van der Waals surface area contributed by atoms with Crippen molar-refractivity contribution in [2.75, 3.05) is 38.1 Å². The van der Waals surface area contributed by atoms with Crippen LogP contribution in [0, 0.1) is 11.7 Å². The van der Waals surface area contributed by atoms with Gasteiger partial charge in [0.25, 0.3) is 15.9 Å². The van der Waals surface area contributed by atoms with E-state index in [1.807, 2.05) is 32.0 Å². The summed E-state index contributed by atoms with van der Waals surface area (Å²) in [5.74, 6) is -0.711. The van der Waals surface area contributed by atoms with E-state index in [9.17, 15) is 22.7 Å². The molecule has 0 fully saturated rings. The van der Waals surface area contributed by atoms with Crippen LogP contribution >= 0.6 is 0 Å². The van der Waals surface area contributed by atoms with Gasteiger partial charge in [-0.3, -0.25) is 14.4 Å². The molecule has 0 spiro atoms. The summed E-state index contributed by atoms with van der Waals surface area (Å²) >= 11 is 0. The number of likely N-dealkylation sites (N-methyl/N-ethyl adjacent to an activating group) is 1. The number of nitrogens with zero attached hydrogens (tertiary/aromatic N) is 2. The van der Waals surface area contributed by atoms with Crippen molar-refractivity contribution in [3.63, 3.8) is 0 Å². The largest absolute Gasteiger partial charge is 0.490 e. The summed E-state index contributed by atoms with van der Waals surface area (Å²) in [4.78, 5) is 18.0. The lowest BCUT2D eigenvalue weighted by atomic mass is 10.0. The van der Waals surface area contributed by atoms with Crippen molar-refractivity contribution in [2.45, 2.75) is 69.7 Å². The number of anilines is 1. The van der Waals surface area contributed by atoms with Gasteiger partial charge in [0.2, 0.25) is 0 Å². The predicted octanol–water partition coefficient (Wildman–Crippen LogP) is 5.55. The van der Waals surface area contributed by atoms with Crippen LogP contribution in [0.25, 0.3) is 0 Å². The Bertz CT molecular complexity index is 1520. The zero-order chi connectivity index (χ0) is 33.3. The number of aliphatic hydroxyl groups is 1. The smallest absolute Gasteiger partial charge is 0.261 e. The number of nitrogens with one attached hydrogen (secondary N) is 1. The second kappa shape index (κ2) is 16.4. The summed E-state index contributed by atoms with van der Waals surface area (Å²) in [6.07, 6.45) is 2.06. The van der Waals surface area contributed by atoms with Crippen LogP contribution in [0.15, 0.2) is 77.7 Å². The lowest BCUT2D eigenvalue weighted by Gasteiger charge is -2.36. The van der Waals surface area contributed by atoms with E-state index >= 15 is 0 Å². The van der Waals surface area contributed by atoms with Gasteiger partial charge >= 0.3 is 0 Å².